The molecule has 0 unspecified atom stereocenters. The van der Waals surface area contributed by atoms with Gasteiger partial charge in [0, 0.05) is 13.1 Å². The summed E-state index contributed by atoms with van der Waals surface area (Å²) in [5, 5.41) is 8.92. The summed E-state index contributed by atoms with van der Waals surface area (Å²) in [6.07, 6.45) is 0.977. The molecule has 0 saturated carbocycles. The Bertz CT molecular complexity index is 209. The molecule has 1 rings (SSSR count). The number of guanidine groups is 1. The summed E-state index contributed by atoms with van der Waals surface area (Å²) < 4.78 is 10.3. The van der Waals surface area contributed by atoms with Gasteiger partial charge in [0.15, 0.2) is 5.96 Å². The van der Waals surface area contributed by atoms with E-state index in [0.29, 0.717) is 13.1 Å². The molecule has 0 aromatic rings. The van der Waals surface area contributed by atoms with E-state index in [-0.39, 0.29) is 5.96 Å². The van der Waals surface area contributed by atoms with E-state index in [2.05, 4.69) is 0 Å². The van der Waals surface area contributed by atoms with Crippen molar-refractivity contribution < 1.29 is 14.4 Å². The molecule has 1 heterocycles. The van der Waals surface area contributed by atoms with Crippen LogP contribution in [0, 0.1) is 5.41 Å². The third kappa shape index (κ3) is 2.49. The minimum absolute atomic E-state index is 0.190. The second-order valence-corrected chi connectivity index (χ2v) is 3.66. The average Bonchev–Trinajstić information content (AvgIpc) is 1.50. The highest BCUT2D eigenvalue weighted by atomic mass is 31.2. The number of hydrogen-bond donors (Lipinski definition) is 4. The summed E-state index contributed by atoms with van der Waals surface area (Å²) in [6.45, 7) is 1.40. The van der Waals surface area contributed by atoms with Crippen molar-refractivity contribution in [1.82, 2.24) is 9.99 Å². The van der Waals surface area contributed by atoms with Crippen molar-refractivity contribution in [2.24, 2.45) is 0 Å². The third-order valence-electron chi connectivity index (χ3n) is 1.42. The Morgan fingerprint density at radius 2 is 2.09 bits per heavy atom. The van der Waals surface area contributed by atoms with Crippen LogP contribution in [0.3, 0.4) is 0 Å². The lowest BCUT2D eigenvalue weighted by molar-refractivity contribution is 0.286. The topological polar surface area (TPSA) is 96.7 Å². The first kappa shape index (κ1) is 8.52. The number of nitrogens with zero attached hydrogens (tertiary/aromatic N) is 1. The monoisotopic (exact) mass is 179 g/mol. The number of likely N-dealkylation sites (tertiary alicyclic amines) is 1. The van der Waals surface area contributed by atoms with Crippen LogP contribution in [-0.2, 0) is 4.57 Å². The molecule has 0 bridgehead atoms. The molecule has 1 aliphatic rings. The molecule has 1 saturated heterocycles. The first-order valence-electron chi connectivity index (χ1n) is 3.16. The largest absolute Gasteiger partial charge is 0.429 e. The van der Waals surface area contributed by atoms with Crippen LogP contribution in [-0.4, -0.2) is 33.7 Å². The van der Waals surface area contributed by atoms with Gasteiger partial charge in [0.1, 0.15) is 0 Å². The molecule has 6 nitrogen and oxygen atoms in total. The van der Waals surface area contributed by atoms with Crippen LogP contribution in [0.5, 0.6) is 0 Å². The predicted octanol–water partition coefficient (Wildman–Crippen LogP) is -0.691. The van der Waals surface area contributed by atoms with Gasteiger partial charge in [-0.3, -0.25) is 10.5 Å². The van der Waals surface area contributed by atoms with E-state index in [0.717, 1.165) is 6.42 Å². The molecule has 11 heavy (non-hydrogen) atoms. The summed E-state index contributed by atoms with van der Waals surface area (Å²) in [4.78, 5) is 18.3. The van der Waals surface area contributed by atoms with E-state index >= 15 is 0 Å². The molecule has 0 radical (unpaired) electrons. The maximum absolute atomic E-state index is 10.3. The summed E-state index contributed by atoms with van der Waals surface area (Å²) in [5.41, 5.74) is 0. The quantitative estimate of drug-likeness (QED) is 0.242. The van der Waals surface area contributed by atoms with Crippen molar-refractivity contribution in [3.8, 4) is 0 Å². The van der Waals surface area contributed by atoms with E-state index in [1.165, 1.54) is 0 Å². The Kier molecular flexibility index (Phi) is 2.17. The third-order valence-corrected chi connectivity index (χ3v) is 1.93. The first-order chi connectivity index (χ1) is 4.99. The Morgan fingerprint density at radius 3 is 2.36 bits per heavy atom. The van der Waals surface area contributed by atoms with Crippen molar-refractivity contribution >= 4 is 13.7 Å². The van der Waals surface area contributed by atoms with Crippen molar-refractivity contribution in [1.29, 1.82) is 5.41 Å². The smallest absolute Gasteiger partial charge is 0.343 e. The van der Waals surface area contributed by atoms with E-state index in [4.69, 9.17) is 15.2 Å². The Labute approximate surface area is 63.9 Å². The summed E-state index contributed by atoms with van der Waals surface area (Å²) in [6, 6.07) is 0. The fraction of sp³-hybridized carbons (Fsp3) is 0.750. The molecule has 0 amide bonds. The summed E-state index contributed by atoms with van der Waals surface area (Å²) in [7, 11) is -4.27. The van der Waals surface area contributed by atoms with Gasteiger partial charge in [-0.05, 0) is 6.42 Å². The molecule has 64 valence electrons. The lowest BCUT2D eigenvalue weighted by Crippen LogP contribution is -2.47. The van der Waals surface area contributed by atoms with Crippen LogP contribution >= 0.6 is 7.75 Å². The molecule has 7 heteroatoms. The van der Waals surface area contributed by atoms with Gasteiger partial charge in [-0.2, -0.15) is 0 Å². The second-order valence-electron chi connectivity index (χ2n) is 2.35. The highest BCUT2D eigenvalue weighted by Gasteiger charge is 2.22. The number of rotatable bonds is 1. The molecule has 1 aliphatic heterocycles. The molecule has 1 fully saturated rings. The van der Waals surface area contributed by atoms with E-state index < -0.39 is 7.75 Å². The molecule has 4 N–H and O–H groups in total. The van der Waals surface area contributed by atoms with Crippen LogP contribution in [0.4, 0.5) is 0 Å². The highest BCUT2D eigenvalue weighted by molar-refractivity contribution is 7.50. The number of hydrogen-bond acceptors (Lipinski definition) is 2. The Hall–Kier alpha value is -0.580. The zero-order valence-corrected chi connectivity index (χ0v) is 6.71. The van der Waals surface area contributed by atoms with Crippen LogP contribution in [0.1, 0.15) is 6.42 Å². The van der Waals surface area contributed by atoms with Gasteiger partial charge in [-0.1, -0.05) is 0 Å². The molecular formula is C4H10N3O3P. The molecule has 0 spiro atoms. The van der Waals surface area contributed by atoms with Crippen molar-refractivity contribution in [2.75, 3.05) is 13.1 Å². The lowest BCUT2D eigenvalue weighted by Gasteiger charge is -2.33. The SMILES string of the molecule is N=C(NP(=O)(O)O)N1CCC1. The average molecular weight is 179 g/mol. The highest BCUT2D eigenvalue weighted by Crippen LogP contribution is 2.28. The molecular weight excluding hydrogens is 169 g/mol. The van der Waals surface area contributed by atoms with Crippen molar-refractivity contribution in [2.45, 2.75) is 6.42 Å². The van der Waals surface area contributed by atoms with Gasteiger partial charge in [-0.25, -0.2) is 4.57 Å². The van der Waals surface area contributed by atoms with Gasteiger partial charge in [0.05, 0.1) is 0 Å². The van der Waals surface area contributed by atoms with Crippen molar-refractivity contribution in [3.63, 3.8) is 0 Å². The Morgan fingerprint density at radius 1 is 1.55 bits per heavy atom. The summed E-state index contributed by atoms with van der Waals surface area (Å²) in [5.74, 6) is -0.190. The van der Waals surface area contributed by atoms with E-state index in [1.54, 1.807) is 9.99 Å². The predicted molar refractivity (Wildman–Crippen MR) is 39.1 cm³/mol. The summed E-state index contributed by atoms with van der Waals surface area (Å²) >= 11 is 0. The Balaban J connectivity index is 2.37. The van der Waals surface area contributed by atoms with Gasteiger partial charge < -0.3 is 14.7 Å². The van der Waals surface area contributed by atoms with Gasteiger partial charge in [-0.15, -0.1) is 0 Å². The molecule has 0 aromatic heterocycles. The zero-order valence-electron chi connectivity index (χ0n) is 5.82. The zero-order chi connectivity index (χ0) is 8.48. The second kappa shape index (κ2) is 2.81. The fourth-order valence-corrected chi connectivity index (χ4v) is 1.17. The maximum atomic E-state index is 10.3. The lowest BCUT2D eigenvalue weighted by atomic mass is 10.2. The minimum Gasteiger partial charge on any atom is -0.343 e. The number of nitrogens with one attached hydrogen (secondary N) is 2. The normalized spacial score (nSPS) is 17.5. The van der Waals surface area contributed by atoms with Crippen molar-refractivity contribution in [3.05, 3.63) is 0 Å². The van der Waals surface area contributed by atoms with E-state index in [1.807, 2.05) is 0 Å². The standard InChI is InChI=1S/C4H10N3O3P/c5-4(6-11(8,9)10)7-2-1-3-7/h1-3H2,(H4,5,6,8,9,10). The van der Waals surface area contributed by atoms with Gasteiger partial charge in [0.25, 0.3) is 0 Å². The first-order valence-corrected chi connectivity index (χ1v) is 4.77. The minimum atomic E-state index is -4.27. The van der Waals surface area contributed by atoms with Crippen LogP contribution < -0.4 is 5.09 Å². The van der Waals surface area contributed by atoms with Crippen LogP contribution in [0.25, 0.3) is 0 Å². The fourth-order valence-electron chi connectivity index (χ4n) is 0.749. The van der Waals surface area contributed by atoms with Crippen LogP contribution in [0.15, 0.2) is 0 Å². The van der Waals surface area contributed by atoms with Gasteiger partial charge in [0.2, 0.25) is 0 Å². The maximum Gasteiger partial charge on any atom is 0.429 e. The van der Waals surface area contributed by atoms with Gasteiger partial charge >= 0.3 is 7.75 Å². The van der Waals surface area contributed by atoms with E-state index in [9.17, 15) is 4.57 Å². The molecule has 0 atom stereocenters. The molecule has 0 aromatic carbocycles. The molecule has 0 aliphatic carbocycles. The van der Waals surface area contributed by atoms with Crippen LogP contribution in [0.2, 0.25) is 0 Å².